The largest absolute Gasteiger partial charge is 0.377 e. The van der Waals surface area contributed by atoms with Crippen molar-refractivity contribution in [3.63, 3.8) is 0 Å². The van der Waals surface area contributed by atoms with E-state index in [0.717, 1.165) is 71.6 Å². The Morgan fingerprint density at radius 3 is 2.22 bits per heavy atom. The molecule has 1 heterocycles. The van der Waals surface area contributed by atoms with Crippen molar-refractivity contribution >= 4 is 30.7 Å². The molecule has 0 aromatic carbocycles. The van der Waals surface area contributed by atoms with Gasteiger partial charge in [0.05, 0.1) is 12.7 Å². The number of hydrogen-bond donors (Lipinski definition) is 1. The van der Waals surface area contributed by atoms with E-state index in [1.807, 2.05) is 4.90 Å². The number of rotatable bonds is 10. The summed E-state index contributed by atoms with van der Waals surface area (Å²) in [6.07, 6.45) is 5.34. The Bertz CT molecular complexity index is 286. The summed E-state index contributed by atoms with van der Waals surface area (Å²) in [4.78, 5) is 16.5. The molecule has 0 unspecified atom stereocenters. The molecular weight excluding hydrogens is 337 g/mol. The van der Waals surface area contributed by atoms with Crippen LogP contribution in [0.1, 0.15) is 46.0 Å². The van der Waals surface area contributed by atoms with Crippen LogP contribution in [0.25, 0.3) is 0 Å². The van der Waals surface area contributed by atoms with E-state index in [1.54, 1.807) is 0 Å². The zero-order chi connectivity index (χ0) is 15.5. The highest BCUT2D eigenvalue weighted by molar-refractivity contribution is 5.85. The van der Waals surface area contributed by atoms with Crippen molar-refractivity contribution in [1.82, 2.24) is 9.80 Å². The van der Waals surface area contributed by atoms with Gasteiger partial charge in [0.2, 0.25) is 5.91 Å². The average molecular weight is 372 g/mol. The minimum absolute atomic E-state index is 0. The average Bonchev–Trinajstić information content (AvgIpc) is 2.47. The van der Waals surface area contributed by atoms with Gasteiger partial charge in [-0.05, 0) is 33.2 Å². The van der Waals surface area contributed by atoms with E-state index in [-0.39, 0.29) is 24.8 Å². The Kier molecular flexibility index (Phi) is 16.9. The molecule has 1 aliphatic heterocycles. The van der Waals surface area contributed by atoms with Crippen LogP contribution in [0.2, 0.25) is 0 Å². The summed E-state index contributed by atoms with van der Waals surface area (Å²) in [5, 5.41) is 0. The number of halogens is 2. The maximum Gasteiger partial charge on any atom is 0.222 e. The smallest absolute Gasteiger partial charge is 0.222 e. The molecular formula is C16H35Cl2N3O2. The number of hydrogen-bond acceptors (Lipinski definition) is 4. The van der Waals surface area contributed by atoms with Gasteiger partial charge < -0.3 is 15.4 Å². The van der Waals surface area contributed by atoms with E-state index >= 15 is 0 Å². The standard InChI is InChI=1S/C16H33N3O2.2ClH/c1-15(2)21-14-13-18-9-11-19(12-10-18)16(20)7-5-3-4-6-8-17;;/h15H,3-14,17H2,1-2H3;2*1H. The normalized spacial score (nSPS) is 15.2. The van der Waals surface area contributed by atoms with Crippen molar-refractivity contribution < 1.29 is 9.53 Å². The molecule has 0 radical (unpaired) electrons. The maximum atomic E-state index is 12.1. The van der Waals surface area contributed by atoms with Gasteiger partial charge in [-0.25, -0.2) is 0 Å². The van der Waals surface area contributed by atoms with Gasteiger partial charge in [0, 0.05) is 39.1 Å². The van der Waals surface area contributed by atoms with Crippen LogP contribution >= 0.6 is 24.8 Å². The summed E-state index contributed by atoms with van der Waals surface area (Å²) in [7, 11) is 0. The van der Waals surface area contributed by atoms with Crippen molar-refractivity contribution in [1.29, 1.82) is 0 Å². The number of carbonyl (C=O) groups is 1. The van der Waals surface area contributed by atoms with Crippen LogP contribution in [0.4, 0.5) is 0 Å². The summed E-state index contributed by atoms with van der Waals surface area (Å²) in [6.45, 7) is 10.3. The zero-order valence-corrected chi connectivity index (χ0v) is 16.3. The first-order valence-corrected chi connectivity index (χ1v) is 8.45. The SMILES string of the molecule is CC(C)OCCN1CCN(C(=O)CCCCCCN)CC1.Cl.Cl. The van der Waals surface area contributed by atoms with Gasteiger partial charge in [-0.1, -0.05) is 12.8 Å². The predicted molar refractivity (Wildman–Crippen MR) is 101 cm³/mol. The molecule has 5 nitrogen and oxygen atoms in total. The van der Waals surface area contributed by atoms with Gasteiger partial charge in [-0.2, -0.15) is 0 Å². The number of amides is 1. The van der Waals surface area contributed by atoms with Gasteiger partial charge in [-0.3, -0.25) is 9.69 Å². The lowest BCUT2D eigenvalue weighted by Gasteiger charge is -2.34. The third kappa shape index (κ3) is 12.0. The Hall–Kier alpha value is -0.0700. The molecule has 2 N–H and O–H groups in total. The van der Waals surface area contributed by atoms with E-state index in [4.69, 9.17) is 10.5 Å². The molecule has 0 aromatic rings. The number of unbranched alkanes of at least 4 members (excludes halogenated alkanes) is 3. The molecule has 7 heteroatoms. The van der Waals surface area contributed by atoms with Gasteiger partial charge in [0.1, 0.15) is 0 Å². The van der Waals surface area contributed by atoms with Crippen LogP contribution in [0.3, 0.4) is 0 Å². The summed E-state index contributed by atoms with van der Waals surface area (Å²) in [5.74, 6) is 0.320. The maximum absolute atomic E-state index is 12.1. The first-order valence-electron chi connectivity index (χ1n) is 8.45. The van der Waals surface area contributed by atoms with E-state index in [1.165, 1.54) is 0 Å². The predicted octanol–water partition coefficient (Wildman–Crippen LogP) is 2.31. The minimum Gasteiger partial charge on any atom is -0.377 e. The Balaban J connectivity index is 0. The monoisotopic (exact) mass is 371 g/mol. The Labute approximate surface area is 154 Å². The van der Waals surface area contributed by atoms with Gasteiger partial charge >= 0.3 is 0 Å². The highest BCUT2D eigenvalue weighted by Crippen LogP contribution is 2.08. The quantitative estimate of drug-likeness (QED) is 0.598. The number of carbonyl (C=O) groups excluding carboxylic acids is 1. The van der Waals surface area contributed by atoms with Crippen LogP contribution in [0, 0.1) is 0 Å². The van der Waals surface area contributed by atoms with Gasteiger partial charge in [0.15, 0.2) is 0 Å². The highest BCUT2D eigenvalue weighted by Gasteiger charge is 2.20. The Morgan fingerprint density at radius 1 is 1.04 bits per heavy atom. The molecule has 0 aliphatic carbocycles. The summed E-state index contributed by atoms with van der Waals surface area (Å²) in [5.41, 5.74) is 5.46. The van der Waals surface area contributed by atoms with Gasteiger partial charge in [-0.15, -0.1) is 24.8 Å². The fourth-order valence-electron chi connectivity index (χ4n) is 2.57. The second-order valence-electron chi connectivity index (χ2n) is 6.09. The molecule has 1 rings (SSSR count). The summed E-state index contributed by atoms with van der Waals surface area (Å²) >= 11 is 0. The summed E-state index contributed by atoms with van der Waals surface area (Å²) < 4.78 is 5.57. The van der Waals surface area contributed by atoms with Crippen molar-refractivity contribution in [3.8, 4) is 0 Å². The minimum atomic E-state index is 0. The van der Waals surface area contributed by atoms with E-state index in [0.29, 0.717) is 18.4 Å². The van der Waals surface area contributed by atoms with Crippen LogP contribution in [0.15, 0.2) is 0 Å². The molecule has 23 heavy (non-hydrogen) atoms. The zero-order valence-electron chi connectivity index (χ0n) is 14.7. The topological polar surface area (TPSA) is 58.8 Å². The molecule has 0 atom stereocenters. The van der Waals surface area contributed by atoms with Crippen LogP contribution in [-0.2, 0) is 9.53 Å². The third-order valence-electron chi connectivity index (χ3n) is 3.93. The summed E-state index contributed by atoms with van der Waals surface area (Å²) in [6, 6.07) is 0. The van der Waals surface area contributed by atoms with Crippen LogP contribution < -0.4 is 5.73 Å². The van der Waals surface area contributed by atoms with E-state index < -0.39 is 0 Å². The molecule has 0 spiro atoms. The van der Waals surface area contributed by atoms with Gasteiger partial charge in [0.25, 0.3) is 0 Å². The number of nitrogens with two attached hydrogens (primary N) is 1. The molecule has 0 aromatic heterocycles. The Morgan fingerprint density at radius 2 is 1.65 bits per heavy atom. The molecule has 140 valence electrons. The fraction of sp³-hybridized carbons (Fsp3) is 0.938. The lowest BCUT2D eigenvalue weighted by atomic mass is 10.1. The molecule has 1 aliphatic rings. The first-order chi connectivity index (χ1) is 10.1. The van der Waals surface area contributed by atoms with Crippen molar-refractivity contribution in [3.05, 3.63) is 0 Å². The highest BCUT2D eigenvalue weighted by atomic mass is 35.5. The first kappa shape index (κ1) is 25.2. The van der Waals surface area contributed by atoms with Crippen molar-refractivity contribution in [2.24, 2.45) is 5.73 Å². The molecule has 1 amide bonds. The third-order valence-corrected chi connectivity index (χ3v) is 3.93. The van der Waals surface area contributed by atoms with Crippen LogP contribution in [0.5, 0.6) is 0 Å². The van der Waals surface area contributed by atoms with E-state index in [9.17, 15) is 4.79 Å². The molecule has 0 bridgehead atoms. The van der Waals surface area contributed by atoms with Crippen molar-refractivity contribution in [2.45, 2.75) is 52.1 Å². The second kappa shape index (κ2) is 15.5. The van der Waals surface area contributed by atoms with Crippen molar-refractivity contribution in [2.75, 3.05) is 45.9 Å². The molecule has 0 saturated carbocycles. The lowest BCUT2D eigenvalue weighted by Crippen LogP contribution is -2.49. The van der Waals surface area contributed by atoms with E-state index in [2.05, 4.69) is 18.7 Å². The fourth-order valence-corrected chi connectivity index (χ4v) is 2.57. The second-order valence-corrected chi connectivity index (χ2v) is 6.09. The number of piperazine rings is 1. The molecule has 1 saturated heterocycles. The number of ether oxygens (including phenoxy) is 1. The van der Waals surface area contributed by atoms with Crippen LogP contribution in [-0.4, -0.2) is 67.7 Å². The lowest BCUT2D eigenvalue weighted by molar-refractivity contribution is -0.133. The number of nitrogens with zero attached hydrogens (tertiary/aromatic N) is 2. The molecule has 1 fully saturated rings.